The molecule has 2 aromatic rings. The van der Waals surface area contributed by atoms with Crippen molar-refractivity contribution in [2.24, 2.45) is 5.14 Å². The Labute approximate surface area is 122 Å². The Morgan fingerprint density at radius 3 is 2.75 bits per heavy atom. The predicted octanol–water partition coefficient (Wildman–Crippen LogP) is 1.57. The van der Waals surface area contributed by atoms with Crippen LogP contribution in [0, 0.1) is 0 Å². The van der Waals surface area contributed by atoms with Gasteiger partial charge in [0.2, 0.25) is 0 Å². The van der Waals surface area contributed by atoms with E-state index in [0.29, 0.717) is 18.8 Å². The first-order valence-corrected chi connectivity index (χ1v) is 8.92. The Bertz CT molecular complexity index is 647. The lowest BCUT2D eigenvalue weighted by molar-refractivity contribution is 0.544. The first kappa shape index (κ1) is 15.1. The molecule has 0 unspecified atom stereocenters. The summed E-state index contributed by atoms with van der Waals surface area (Å²) < 4.78 is 24.5. The third kappa shape index (κ3) is 3.65. The van der Waals surface area contributed by atoms with Crippen molar-refractivity contribution in [3.05, 3.63) is 28.2 Å². The molecule has 2 heterocycles. The van der Waals surface area contributed by atoms with E-state index in [1.54, 1.807) is 15.9 Å². The molecule has 0 saturated heterocycles. The summed E-state index contributed by atoms with van der Waals surface area (Å²) in [5, 5.41) is 14.8. The molecule has 6 nitrogen and oxygen atoms in total. The van der Waals surface area contributed by atoms with Gasteiger partial charge >= 0.3 is 0 Å². The van der Waals surface area contributed by atoms with Crippen LogP contribution in [0.5, 0.6) is 0 Å². The van der Waals surface area contributed by atoms with Crippen molar-refractivity contribution in [1.82, 2.24) is 14.8 Å². The number of nitrogens with two attached hydrogens (primary N) is 1. The highest BCUT2D eigenvalue weighted by Crippen LogP contribution is 2.14. The maximum Gasteiger partial charge on any atom is 0.273 e. The zero-order valence-electron chi connectivity index (χ0n) is 11.3. The van der Waals surface area contributed by atoms with Crippen molar-refractivity contribution in [2.45, 2.75) is 44.3 Å². The Morgan fingerprint density at radius 1 is 1.35 bits per heavy atom. The maximum absolute atomic E-state index is 11.5. The fourth-order valence-electron chi connectivity index (χ4n) is 2.04. The topological polar surface area (TPSA) is 90.9 Å². The van der Waals surface area contributed by atoms with Crippen LogP contribution in [-0.2, 0) is 29.4 Å². The van der Waals surface area contributed by atoms with Crippen LogP contribution in [0.25, 0.3) is 0 Å². The van der Waals surface area contributed by atoms with Crippen LogP contribution in [-0.4, -0.2) is 23.2 Å². The van der Waals surface area contributed by atoms with E-state index < -0.39 is 10.0 Å². The van der Waals surface area contributed by atoms with E-state index in [1.165, 1.54) is 4.88 Å². The van der Waals surface area contributed by atoms with Crippen molar-refractivity contribution in [3.8, 4) is 0 Å². The monoisotopic (exact) mass is 314 g/mol. The van der Waals surface area contributed by atoms with Crippen molar-refractivity contribution in [1.29, 1.82) is 0 Å². The Morgan fingerprint density at radius 2 is 2.15 bits per heavy atom. The second kappa shape index (κ2) is 6.47. The highest BCUT2D eigenvalue weighted by molar-refractivity contribution is 7.89. The third-order valence-corrected chi connectivity index (χ3v) is 4.65. The second-order valence-electron chi connectivity index (χ2n) is 4.53. The fraction of sp³-hybridized carbons (Fsp3) is 0.500. The molecule has 0 aromatic carbocycles. The van der Waals surface area contributed by atoms with Crippen molar-refractivity contribution >= 4 is 21.4 Å². The van der Waals surface area contributed by atoms with Crippen molar-refractivity contribution in [2.75, 3.05) is 0 Å². The number of thiophene rings is 1. The van der Waals surface area contributed by atoms with Gasteiger partial charge in [0.05, 0.1) is 0 Å². The zero-order valence-corrected chi connectivity index (χ0v) is 13.0. The molecule has 0 radical (unpaired) electrons. The van der Waals surface area contributed by atoms with E-state index in [2.05, 4.69) is 16.3 Å². The van der Waals surface area contributed by atoms with Crippen LogP contribution in [0.15, 0.2) is 22.7 Å². The molecule has 110 valence electrons. The van der Waals surface area contributed by atoms with Crippen LogP contribution < -0.4 is 5.14 Å². The van der Waals surface area contributed by atoms with Gasteiger partial charge in [0.15, 0.2) is 0 Å². The van der Waals surface area contributed by atoms with Gasteiger partial charge in [-0.25, -0.2) is 13.6 Å². The summed E-state index contributed by atoms with van der Waals surface area (Å²) in [6, 6.07) is 4.12. The molecule has 2 aromatic heterocycles. The summed E-state index contributed by atoms with van der Waals surface area (Å²) in [5.41, 5.74) is 0. The molecular formula is C12H18N4O2S2. The molecule has 0 aliphatic rings. The second-order valence-corrected chi connectivity index (χ2v) is 7.02. The van der Waals surface area contributed by atoms with Crippen LogP contribution in [0.1, 0.15) is 30.5 Å². The number of sulfonamides is 1. The first-order chi connectivity index (χ1) is 9.52. The Balaban J connectivity index is 2.09. The molecule has 2 rings (SSSR count). The van der Waals surface area contributed by atoms with Crippen LogP contribution in [0.2, 0.25) is 0 Å². The molecule has 0 fully saturated rings. The number of aryl methyl sites for hydroxylation is 2. The molecule has 0 spiro atoms. The van der Waals surface area contributed by atoms with E-state index in [1.807, 2.05) is 18.4 Å². The normalized spacial score (nSPS) is 11.9. The van der Waals surface area contributed by atoms with Crippen LogP contribution in [0.4, 0.5) is 0 Å². The standard InChI is InChI=1S/C12H18N4O2S2/c1-2-8-16-11(14-15-12(16)20(13,17)18)7-3-5-10-6-4-9-19-10/h4,6,9H,2-3,5,7-8H2,1H3,(H2,13,17,18). The minimum atomic E-state index is -3.81. The Hall–Kier alpha value is -1.25. The van der Waals surface area contributed by atoms with Gasteiger partial charge in [-0.15, -0.1) is 21.5 Å². The minimum Gasteiger partial charge on any atom is -0.301 e. The summed E-state index contributed by atoms with van der Waals surface area (Å²) >= 11 is 1.72. The number of nitrogens with zero attached hydrogens (tertiary/aromatic N) is 3. The zero-order chi connectivity index (χ0) is 14.6. The van der Waals surface area contributed by atoms with E-state index in [4.69, 9.17) is 5.14 Å². The number of aromatic nitrogens is 3. The van der Waals surface area contributed by atoms with Gasteiger partial charge in [-0.05, 0) is 30.7 Å². The lowest BCUT2D eigenvalue weighted by Gasteiger charge is -2.07. The minimum absolute atomic E-state index is 0.134. The van der Waals surface area contributed by atoms with Gasteiger partial charge in [-0.1, -0.05) is 13.0 Å². The fourth-order valence-corrected chi connectivity index (χ4v) is 3.45. The number of rotatable bonds is 7. The molecule has 2 N–H and O–H groups in total. The molecule has 0 saturated carbocycles. The molecule has 0 amide bonds. The summed E-state index contributed by atoms with van der Waals surface area (Å²) in [4.78, 5) is 1.32. The summed E-state index contributed by atoms with van der Waals surface area (Å²) in [7, 11) is -3.81. The summed E-state index contributed by atoms with van der Waals surface area (Å²) in [5.74, 6) is 0.687. The first-order valence-electron chi connectivity index (χ1n) is 6.49. The molecule has 8 heteroatoms. The molecular weight excluding hydrogens is 296 g/mol. The average molecular weight is 314 g/mol. The van der Waals surface area contributed by atoms with Gasteiger partial charge in [-0.3, -0.25) is 0 Å². The van der Waals surface area contributed by atoms with Gasteiger partial charge in [0.25, 0.3) is 15.2 Å². The molecule has 0 aliphatic heterocycles. The Kier molecular flexibility index (Phi) is 4.90. The summed E-state index contributed by atoms with van der Waals surface area (Å²) in [6.07, 6.45) is 3.37. The van der Waals surface area contributed by atoms with Crippen molar-refractivity contribution < 1.29 is 8.42 Å². The van der Waals surface area contributed by atoms with E-state index in [9.17, 15) is 8.42 Å². The molecule has 0 aliphatic carbocycles. The van der Waals surface area contributed by atoms with Crippen LogP contribution >= 0.6 is 11.3 Å². The molecule has 0 bridgehead atoms. The average Bonchev–Trinajstić information content (AvgIpc) is 2.99. The molecule has 0 atom stereocenters. The highest BCUT2D eigenvalue weighted by Gasteiger charge is 2.20. The quantitative estimate of drug-likeness (QED) is 0.840. The van der Waals surface area contributed by atoms with Gasteiger partial charge in [0, 0.05) is 17.8 Å². The molecule has 20 heavy (non-hydrogen) atoms. The largest absolute Gasteiger partial charge is 0.301 e. The lowest BCUT2D eigenvalue weighted by atomic mass is 10.2. The van der Waals surface area contributed by atoms with Crippen molar-refractivity contribution in [3.63, 3.8) is 0 Å². The third-order valence-electron chi connectivity index (χ3n) is 2.90. The van der Waals surface area contributed by atoms with E-state index >= 15 is 0 Å². The number of hydrogen-bond acceptors (Lipinski definition) is 5. The summed E-state index contributed by atoms with van der Waals surface area (Å²) in [6.45, 7) is 2.54. The highest BCUT2D eigenvalue weighted by atomic mass is 32.2. The van der Waals surface area contributed by atoms with Gasteiger partial charge in [0.1, 0.15) is 5.82 Å². The van der Waals surface area contributed by atoms with E-state index in [-0.39, 0.29) is 5.16 Å². The number of primary sulfonamides is 1. The smallest absolute Gasteiger partial charge is 0.273 e. The van der Waals surface area contributed by atoms with Crippen LogP contribution in [0.3, 0.4) is 0 Å². The predicted molar refractivity (Wildman–Crippen MR) is 78.0 cm³/mol. The maximum atomic E-state index is 11.5. The number of hydrogen-bond donors (Lipinski definition) is 1. The van der Waals surface area contributed by atoms with Gasteiger partial charge < -0.3 is 4.57 Å². The lowest BCUT2D eigenvalue weighted by Crippen LogP contribution is -2.19. The SMILES string of the molecule is CCCn1c(CCCc2cccs2)nnc1S(N)(=O)=O. The van der Waals surface area contributed by atoms with E-state index in [0.717, 1.165) is 19.3 Å². The van der Waals surface area contributed by atoms with Gasteiger partial charge in [-0.2, -0.15) is 0 Å².